The summed E-state index contributed by atoms with van der Waals surface area (Å²) in [7, 11) is 0. The minimum absolute atomic E-state index is 0.0814. The van der Waals surface area contributed by atoms with Gasteiger partial charge < -0.3 is 0 Å². The molecular formula is C10H8ClNOS. The van der Waals surface area contributed by atoms with Gasteiger partial charge in [0.25, 0.3) is 0 Å². The van der Waals surface area contributed by atoms with Gasteiger partial charge in [0.15, 0.2) is 5.78 Å². The molecule has 0 spiro atoms. The highest BCUT2D eigenvalue weighted by molar-refractivity contribution is 7.80. The lowest BCUT2D eigenvalue weighted by atomic mass is 10.1. The first kappa shape index (κ1) is 11.1. The maximum atomic E-state index is 11.5. The third-order valence-electron chi connectivity index (χ3n) is 1.78. The van der Waals surface area contributed by atoms with Crippen LogP contribution in [-0.2, 0) is 0 Å². The van der Waals surface area contributed by atoms with E-state index in [1.807, 2.05) is 6.07 Å². The average Bonchev–Trinajstić information content (AvgIpc) is 2.18. The molecule has 1 aromatic rings. The molecule has 1 aromatic carbocycles. The molecule has 0 amide bonds. The summed E-state index contributed by atoms with van der Waals surface area (Å²) < 4.78 is 0. The van der Waals surface area contributed by atoms with Crippen molar-refractivity contribution in [1.82, 2.24) is 0 Å². The van der Waals surface area contributed by atoms with Crippen LogP contribution in [0.15, 0.2) is 23.1 Å². The van der Waals surface area contributed by atoms with Crippen molar-refractivity contribution in [2.75, 3.05) is 5.88 Å². The van der Waals surface area contributed by atoms with Gasteiger partial charge in [0.05, 0.1) is 5.56 Å². The molecule has 0 radical (unpaired) electrons. The Labute approximate surface area is 92.9 Å². The van der Waals surface area contributed by atoms with Crippen molar-refractivity contribution < 1.29 is 4.79 Å². The number of nitriles is 1. The number of hydrogen-bond acceptors (Lipinski definition) is 3. The number of carbonyl (C=O) groups excluding carboxylic acids is 1. The van der Waals surface area contributed by atoms with Crippen molar-refractivity contribution in [3.63, 3.8) is 0 Å². The molecule has 0 bridgehead atoms. The van der Waals surface area contributed by atoms with E-state index in [1.165, 1.54) is 0 Å². The summed E-state index contributed by atoms with van der Waals surface area (Å²) in [6.45, 7) is 0. The number of halogens is 1. The maximum absolute atomic E-state index is 11.5. The van der Waals surface area contributed by atoms with Crippen LogP contribution in [0.4, 0.5) is 0 Å². The summed E-state index contributed by atoms with van der Waals surface area (Å²) in [5, 5.41) is 8.72. The van der Waals surface area contributed by atoms with Crippen molar-refractivity contribution in [1.29, 1.82) is 5.26 Å². The number of thiol groups is 1. The fraction of sp³-hybridized carbons (Fsp3) is 0.200. The highest BCUT2D eigenvalue weighted by atomic mass is 35.5. The van der Waals surface area contributed by atoms with Gasteiger partial charge in [0, 0.05) is 22.8 Å². The standard InChI is InChI=1S/C10H8ClNOS/c11-5-4-9(13)8-3-1-2-7(6-12)10(8)14/h1-3,14H,4-5H2. The number of benzene rings is 1. The van der Waals surface area contributed by atoms with Gasteiger partial charge in [-0.1, -0.05) is 12.1 Å². The largest absolute Gasteiger partial charge is 0.294 e. The number of carbonyl (C=O) groups is 1. The number of rotatable bonds is 3. The van der Waals surface area contributed by atoms with E-state index in [9.17, 15) is 4.79 Å². The predicted molar refractivity (Wildman–Crippen MR) is 58.1 cm³/mol. The van der Waals surface area contributed by atoms with E-state index in [0.29, 0.717) is 16.0 Å². The normalized spacial score (nSPS) is 9.50. The van der Waals surface area contributed by atoms with Crippen LogP contribution in [-0.4, -0.2) is 11.7 Å². The second-order valence-electron chi connectivity index (χ2n) is 2.68. The van der Waals surface area contributed by atoms with E-state index in [2.05, 4.69) is 12.6 Å². The zero-order valence-electron chi connectivity index (χ0n) is 7.33. The molecule has 0 aliphatic heterocycles. The molecule has 0 saturated carbocycles. The second kappa shape index (κ2) is 5.04. The van der Waals surface area contributed by atoms with Gasteiger partial charge in [-0.15, -0.1) is 24.2 Å². The molecule has 0 aromatic heterocycles. The monoisotopic (exact) mass is 225 g/mol. The van der Waals surface area contributed by atoms with E-state index in [4.69, 9.17) is 16.9 Å². The molecule has 0 aliphatic rings. The van der Waals surface area contributed by atoms with Crippen LogP contribution in [0.1, 0.15) is 22.3 Å². The van der Waals surface area contributed by atoms with Crippen molar-refractivity contribution in [2.24, 2.45) is 0 Å². The van der Waals surface area contributed by atoms with Crippen molar-refractivity contribution >= 4 is 30.0 Å². The lowest BCUT2D eigenvalue weighted by molar-refractivity contribution is 0.0986. The van der Waals surface area contributed by atoms with Crippen LogP contribution < -0.4 is 0 Å². The smallest absolute Gasteiger partial charge is 0.165 e. The zero-order chi connectivity index (χ0) is 10.6. The lowest BCUT2D eigenvalue weighted by Crippen LogP contribution is -2.02. The van der Waals surface area contributed by atoms with E-state index >= 15 is 0 Å². The number of hydrogen-bond donors (Lipinski definition) is 1. The Morgan fingerprint density at radius 2 is 2.29 bits per heavy atom. The summed E-state index contributed by atoms with van der Waals surface area (Å²) in [6.07, 6.45) is 0.268. The minimum Gasteiger partial charge on any atom is -0.294 e. The quantitative estimate of drug-likeness (QED) is 0.488. The molecule has 0 atom stereocenters. The number of alkyl halides is 1. The highest BCUT2D eigenvalue weighted by Gasteiger charge is 2.11. The minimum atomic E-state index is -0.0814. The van der Waals surface area contributed by atoms with Crippen molar-refractivity contribution in [3.05, 3.63) is 29.3 Å². The third-order valence-corrected chi connectivity index (χ3v) is 2.45. The SMILES string of the molecule is N#Cc1cccc(C(=O)CCCl)c1S. The van der Waals surface area contributed by atoms with Crippen molar-refractivity contribution in [2.45, 2.75) is 11.3 Å². The Bertz CT molecular complexity index is 398. The second-order valence-corrected chi connectivity index (χ2v) is 3.50. The van der Waals surface area contributed by atoms with Gasteiger partial charge in [-0.05, 0) is 6.07 Å². The highest BCUT2D eigenvalue weighted by Crippen LogP contribution is 2.19. The van der Waals surface area contributed by atoms with Crippen LogP contribution >= 0.6 is 24.2 Å². The Balaban J connectivity index is 3.11. The molecule has 14 heavy (non-hydrogen) atoms. The van der Waals surface area contributed by atoms with Gasteiger partial charge in [-0.3, -0.25) is 4.79 Å². The molecule has 1 rings (SSSR count). The number of nitrogens with zero attached hydrogens (tertiary/aromatic N) is 1. The van der Waals surface area contributed by atoms with Crippen LogP contribution in [0, 0.1) is 11.3 Å². The van der Waals surface area contributed by atoms with Gasteiger partial charge in [-0.25, -0.2) is 0 Å². The Kier molecular flexibility index (Phi) is 3.99. The lowest BCUT2D eigenvalue weighted by Gasteiger charge is -2.03. The fourth-order valence-corrected chi connectivity index (χ4v) is 1.57. The summed E-state index contributed by atoms with van der Waals surface area (Å²) in [4.78, 5) is 11.9. The molecule has 0 heterocycles. The van der Waals surface area contributed by atoms with Crippen LogP contribution in [0.5, 0.6) is 0 Å². The van der Waals surface area contributed by atoms with Crippen LogP contribution in [0.2, 0.25) is 0 Å². The third kappa shape index (κ3) is 2.28. The molecule has 0 aliphatic carbocycles. The molecule has 0 N–H and O–H groups in total. The summed E-state index contributed by atoms with van der Waals surface area (Å²) >= 11 is 9.60. The van der Waals surface area contributed by atoms with E-state index < -0.39 is 0 Å². The summed E-state index contributed by atoms with van der Waals surface area (Å²) in [5.74, 6) is 0.199. The maximum Gasteiger partial charge on any atom is 0.165 e. The molecule has 0 unspecified atom stereocenters. The number of Topliss-reactive ketones (excluding diaryl/α,β-unsaturated/α-hetero) is 1. The first-order valence-electron chi connectivity index (χ1n) is 4.02. The van der Waals surface area contributed by atoms with Crippen LogP contribution in [0.25, 0.3) is 0 Å². The van der Waals surface area contributed by atoms with Crippen molar-refractivity contribution in [3.8, 4) is 6.07 Å². The first-order valence-corrected chi connectivity index (χ1v) is 5.00. The molecule has 0 fully saturated rings. The van der Waals surface area contributed by atoms with Gasteiger partial charge in [-0.2, -0.15) is 5.26 Å². The van der Waals surface area contributed by atoms with Gasteiger partial charge >= 0.3 is 0 Å². The number of ketones is 1. The first-order chi connectivity index (χ1) is 6.70. The summed E-state index contributed by atoms with van der Waals surface area (Å²) in [6, 6.07) is 6.91. The van der Waals surface area contributed by atoms with Gasteiger partial charge in [0.1, 0.15) is 6.07 Å². The van der Waals surface area contributed by atoms with E-state index in [1.54, 1.807) is 18.2 Å². The molecule has 4 heteroatoms. The Hall–Kier alpha value is -0.980. The van der Waals surface area contributed by atoms with E-state index in [0.717, 1.165) is 0 Å². The van der Waals surface area contributed by atoms with Crippen LogP contribution in [0.3, 0.4) is 0 Å². The molecule has 0 saturated heterocycles. The predicted octanol–water partition coefficient (Wildman–Crippen LogP) is 2.66. The Morgan fingerprint density at radius 1 is 1.57 bits per heavy atom. The summed E-state index contributed by atoms with van der Waals surface area (Å²) in [5.41, 5.74) is 0.877. The van der Waals surface area contributed by atoms with Gasteiger partial charge in [0.2, 0.25) is 0 Å². The molecule has 72 valence electrons. The topological polar surface area (TPSA) is 40.9 Å². The molecule has 2 nitrogen and oxygen atoms in total. The zero-order valence-corrected chi connectivity index (χ0v) is 8.98. The van der Waals surface area contributed by atoms with E-state index in [-0.39, 0.29) is 18.1 Å². The molecular weight excluding hydrogens is 218 g/mol. The fourth-order valence-electron chi connectivity index (χ4n) is 1.08. The Morgan fingerprint density at radius 3 is 2.86 bits per heavy atom. The average molecular weight is 226 g/mol.